The van der Waals surface area contributed by atoms with Crippen LogP contribution in [0.1, 0.15) is 10.7 Å². The Hall–Kier alpha value is -1.69. The highest BCUT2D eigenvalue weighted by Gasteiger charge is 2.03. The highest BCUT2D eigenvalue weighted by atomic mass is 32.1. The van der Waals surface area contributed by atoms with Crippen LogP contribution >= 0.6 is 11.3 Å². The number of nitrogens with one attached hydrogen (secondary N) is 2. The third kappa shape index (κ3) is 3.16. The number of thiophene rings is 1. The van der Waals surface area contributed by atoms with Crippen molar-refractivity contribution in [1.29, 1.82) is 0 Å². The summed E-state index contributed by atoms with van der Waals surface area (Å²) in [7, 11) is 0. The lowest BCUT2D eigenvalue weighted by molar-refractivity contribution is -0.120. The van der Waals surface area contributed by atoms with Gasteiger partial charge in [0.15, 0.2) is 0 Å². The van der Waals surface area contributed by atoms with Crippen LogP contribution in [0.15, 0.2) is 23.8 Å². The van der Waals surface area contributed by atoms with Gasteiger partial charge in [-0.15, -0.1) is 11.3 Å². The van der Waals surface area contributed by atoms with Crippen LogP contribution in [0.3, 0.4) is 0 Å². The van der Waals surface area contributed by atoms with Crippen molar-refractivity contribution >= 4 is 17.2 Å². The summed E-state index contributed by atoms with van der Waals surface area (Å²) in [5.74, 6) is 0.832. The van der Waals surface area contributed by atoms with Crippen molar-refractivity contribution in [3.63, 3.8) is 0 Å². The second kappa shape index (κ2) is 5.41. The van der Waals surface area contributed by atoms with Crippen molar-refractivity contribution in [3.8, 4) is 0 Å². The second-order valence-corrected chi connectivity index (χ2v) is 4.32. The summed E-state index contributed by atoms with van der Waals surface area (Å²) in [5, 5.41) is 11.3. The van der Waals surface area contributed by atoms with E-state index in [1.807, 2.05) is 17.5 Å². The lowest BCUT2D eigenvalue weighted by Crippen LogP contribution is -2.27. The van der Waals surface area contributed by atoms with Crippen molar-refractivity contribution in [2.45, 2.75) is 12.8 Å². The molecule has 0 radical (unpaired) electrons. The maximum atomic E-state index is 11.5. The molecule has 84 valence electrons. The minimum Gasteiger partial charge on any atom is -0.355 e. The van der Waals surface area contributed by atoms with Gasteiger partial charge >= 0.3 is 0 Å². The molecule has 0 atom stereocenters. The van der Waals surface area contributed by atoms with E-state index in [9.17, 15) is 4.79 Å². The maximum absolute atomic E-state index is 11.5. The molecule has 2 aromatic rings. The number of carbonyl (C=O) groups excluding carboxylic acids is 1. The zero-order valence-electron chi connectivity index (χ0n) is 8.64. The normalized spacial score (nSPS) is 10.2. The topological polar surface area (TPSA) is 70.7 Å². The van der Waals surface area contributed by atoms with E-state index in [0.29, 0.717) is 19.4 Å². The van der Waals surface area contributed by atoms with Gasteiger partial charge in [0.1, 0.15) is 12.2 Å². The Morgan fingerprint density at radius 3 is 3.19 bits per heavy atom. The fourth-order valence-electron chi connectivity index (χ4n) is 1.31. The Labute approximate surface area is 96.9 Å². The molecule has 2 heterocycles. The summed E-state index contributed by atoms with van der Waals surface area (Å²) in [6.07, 6.45) is 2.59. The standard InChI is InChI=1S/C10H12N4OS/c15-10(6-8-2-1-5-16-8)11-4-3-9-12-7-13-14-9/h1-2,5,7H,3-4,6H2,(H,11,15)(H,12,13,14). The quantitative estimate of drug-likeness (QED) is 0.805. The number of nitrogens with zero attached hydrogens (tertiary/aromatic N) is 2. The largest absolute Gasteiger partial charge is 0.355 e. The van der Waals surface area contributed by atoms with E-state index in [0.717, 1.165) is 10.7 Å². The first kappa shape index (κ1) is 10.8. The summed E-state index contributed by atoms with van der Waals surface area (Å²) in [6, 6.07) is 3.91. The number of rotatable bonds is 5. The van der Waals surface area contributed by atoms with Crippen LogP contribution in [0.25, 0.3) is 0 Å². The smallest absolute Gasteiger partial charge is 0.225 e. The molecule has 0 bridgehead atoms. The van der Waals surface area contributed by atoms with Crippen LogP contribution in [-0.4, -0.2) is 27.6 Å². The van der Waals surface area contributed by atoms with E-state index in [-0.39, 0.29) is 5.91 Å². The molecule has 0 unspecified atom stereocenters. The Balaban J connectivity index is 1.68. The van der Waals surface area contributed by atoms with Crippen molar-refractivity contribution in [2.75, 3.05) is 6.54 Å². The zero-order chi connectivity index (χ0) is 11.2. The molecule has 0 aliphatic carbocycles. The fourth-order valence-corrected chi connectivity index (χ4v) is 2.01. The van der Waals surface area contributed by atoms with E-state index in [1.54, 1.807) is 11.3 Å². The molecule has 16 heavy (non-hydrogen) atoms. The highest BCUT2D eigenvalue weighted by Crippen LogP contribution is 2.08. The summed E-state index contributed by atoms with van der Waals surface area (Å²) >= 11 is 1.59. The molecular weight excluding hydrogens is 224 g/mol. The summed E-state index contributed by atoms with van der Waals surface area (Å²) in [5.41, 5.74) is 0. The molecular formula is C10H12N4OS. The maximum Gasteiger partial charge on any atom is 0.225 e. The molecule has 0 aliphatic heterocycles. The van der Waals surface area contributed by atoms with Crippen molar-refractivity contribution in [3.05, 3.63) is 34.5 Å². The van der Waals surface area contributed by atoms with Crippen LogP contribution < -0.4 is 5.32 Å². The van der Waals surface area contributed by atoms with Gasteiger partial charge in [0.2, 0.25) is 5.91 Å². The number of hydrogen-bond acceptors (Lipinski definition) is 4. The van der Waals surface area contributed by atoms with Gasteiger partial charge in [-0.05, 0) is 11.4 Å². The molecule has 2 aromatic heterocycles. The number of amides is 1. The third-order valence-electron chi connectivity index (χ3n) is 2.06. The van der Waals surface area contributed by atoms with Crippen molar-refractivity contribution in [2.24, 2.45) is 0 Å². The number of hydrogen-bond donors (Lipinski definition) is 2. The molecule has 5 nitrogen and oxygen atoms in total. The van der Waals surface area contributed by atoms with Crippen molar-refractivity contribution < 1.29 is 4.79 Å². The number of carbonyl (C=O) groups is 1. The molecule has 0 saturated heterocycles. The fraction of sp³-hybridized carbons (Fsp3) is 0.300. The first-order valence-electron chi connectivity index (χ1n) is 4.98. The summed E-state index contributed by atoms with van der Waals surface area (Å²) in [4.78, 5) is 16.5. The van der Waals surface area contributed by atoms with Crippen LogP contribution in [0.4, 0.5) is 0 Å². The Bertz CT molecular complexity index is 424. The predicted octanol–water partition coefficient (Wildman–Crippen LogP) is 0.768. The minimum absolute atomic E-state index is 0.0435. The molecule has 2 N–H and O–H groups in total. The van der Waals surface area contributed by atoms with Crippen LogP contribution in [0.5, 0.6) is 0 Å². The number of aromatic amines is 1. The van der Waals surface area contributed by atoms with E-state index in [4.69, 9.17) is 0 Å². The van der Waals surface area contributed by atoms with Crippen LogP contribution in [-0.2, 0) is 17.6 Å². The predicted molar refractivity (Wildman–Crippen MR) is 61.1 cm³/mol. The number of aromatic nitrogens is 3. The van der Waals surface area contributed by atoms with E-state index < -0.39 is 0 Å². The Morgan fingerprint density at radius 1 is 1.56 bits per heavy atom. The molecule has 1 amide bonds. The molecule has 0 spiro atoms. The van der Waals surface area contributed by atoms with Crippen molar-refractivity contribution in [1.82, 2.24) is 20.5 Å². The summed E-state index contributed by atoms with van der Waals surface area (Å²) in [6.45, 7) is 0.583. The lowest BCUT2D eigenvalue weighted by Gasteiger charge is -2.02. The SMILES string of the molecule is O=C(Cc1cccs1)NCCc1ncn[nH]1. The number of H-pyrrole nitrogens is 1. The summed E-state index contributed by atoms with van der Waals surface area (Å²) < 4.78 is 0. The van der Waals surface area contributed by atoms with Gasteiger partial charge in [-0.25, -0.2) is 4.98 Å². The van der Waals surface area contributed by atoms with Gasteiger partial charge in [0.05, 0.1) is 6.42 Å². The third-order valence-corrected chi connectivity index (χ3v) is 2.94. The molecule has 0 fully saturated rings. The minimum atomic E-state index is 0.0435. The second-order valence-electron chi connectivity index (χ2n) is 3.29. The van der Waals surface area contributed by atoms with Gasteiger partial charge in [-0.3, -0.25) is 9.89 Å². The van der Waals surface area contributed by atoms with E-state index in [1.165, 1.54) is 6.33 Å². The van der Waals surface area contributed by atoms with Gasteiger partial charge in [0, 0.05) is 17.8 Å². The molecule has 0 aliphatic rings. The lowest BCUT2D eigenvalue weighted by atomic mass is 10.3. The first-order valence-corrected chi connectivity index (χ1v) is 5.86. The van der Waals surface area contributed by atoms with Gasteiger partial charge in [-0.2, -0.15) is 5.10 Å². The van der Waals surface area contributed by atoms with Gasteiger partial charge in [0.25, 0.3) is 0 Å². The van der Waals surface area contributed by atoms with Gasteiger partial charge in [-0.1, -0.05) is 6.07 Å². The molecule has 6 heteroatoms. The monoisotopic (exact) mass is 236 g/mol. The molecule has 0 saturated carbocycles. The Kier molecular flexibility index (Phi) is 3.66. The molecule has 0 aromatic carbocycles. The highest BCUT2D eigenvalue weighted by molar-refractivity contribution is 7.10. The molecule has 2 rings (SSSR count). The van der Waals surface area contributed by atoms with E-state index >= 15 is 0 Å². The Morgan fingerprint density at radius 2 is 2.50 bits per heavy atom. The van der Waals surface area contributed by atoms with Crippen LogP contribution in [0, 0.1) is 0 Å². The average Bonchev–Trinajstić information content (AvgIpc) is 2.90. The van der Waals surface area contributed by atoms with E-state index in [2.05, 4.69) is 20.5 Å². The zero-order valence-corrected chi connectivity index (χ0v) is 9.46. The van der Waals surface area contributed by atoms with Crippen LogP contribution in [0.2, 0.25) is 0 Å². The first-order chi connectivity index (χ1) is 7.84. The average molecular weight is 236 g/mol. The van der Waals surface area contributed by atoms with Gasteiger partial charge < -0.3 is 5.32 Å².